The molecule has 0 bridgehead atoms. The predicted octanol–water partition coefficient (Wildman–Crippen LogP) is 3.53. The molecular weight excluding hydrogens is 269 g/mol. The topological polar surface area (TPSA) is 49.3 Å². The lowest BCUT2D eigenvalue weighted by Gasteiger charge is -2.11. The number of aliphatic hydroxyl groups excluding tert-OH is 1. The van der Waals surface area contributed by atoms with Crippen molar-refractivity contribution in [2.24, 2.45) is 0 Å². The number of anilines is 1. The number of hydrogen-bond acceptors (Lipinski definition) is 2. The minimum Gasteiger partial charge on any atom is -0.389 e. The van der Waals surface area contributed by atoms with E-state index in [1.807, 2.05) is 0 Å². The summed E-state index contributed by atoms with van der Waals surface area (Å²) in [7, 11) is 0. The van der Waals surface area contributed by atoms with Crippen LogP contribution in [0.15, 0.2) is 54.6 Å². The molecule has 0 heterocycles. The van der Waals surface area contributed by atoms with E-state index in [1.54, 1.807) is 49.4 Å². The summed E-state index contributed by atoms with van der Waals surface area (Å²) in [6.07, 6.45) is 2.30. The molecule has 108 valence electrons. The zero-order chi connectivity index (χ0) is 15.2. The Labute approximate surface area is 122 Å². The van der Waals surface area contributed by atoms with Crippen molar-refractivity contribution in [2.75, 3.05) is 5.32 Å². The summed E-state index contributed by atoms with van der Waals surface area (Å²) in [5.74, 6) is -0.630. The number of benzene rings is 2. The van der Waals surface area contributed by atoms with E-state index in [4.69, 9.17) is 0 Å². The number of rotatable bonds is 4. The minimum absolute atomic E-state index is 0.313. The molecule has 2 rings (SSSR count). The van der Waals surface area contributed by atoms with Crippen molar-refractivity contribution < 1.29 is 14.3 Å². The van der Waals surface area contributed by atoms with Crippen molar-refractivity contribution in [2.45, 2.75) is 13.0 Å². The van der Waals surface area contributed by atoms with Crippen LogP contribution in [0.1, 0.15) is 24.2 Å². The van der Waals surface area contributed by atoms with Gasteiger partial charge >= 0.3 is 0 Å². The van der Waals surface area contributed by atoms with Crippen LogP contribution in [-0.2, 0) is 4.79 Å². The van der Waals surface area contributed by atoms with Crippen LogP contribution < -0.4 is 5.32 Å². The molecule has 0 aliphatic rings. The zero-order valence-corrected chi connectivity index (χ0v) is 11.6. The molecule has 4 heteroatoms. The van der Waals surface area contributed by atoms with Gasteiger partial charge in [0.15, 0.2) is 0 Å². The van der Waals surface area contributed by atoms with E-state index < -0.39 is 6.10 Å². The quantitative estimate of drug-likeness (QED) is 0.844. The third kappa shape index (κ3) is 4.26. The number of para-hydroxylation sites is 1. The van der Waals surface area contributed by atoms with Gasteiger partial charge in [0.1, 0.15) is 5.82 Å². The molecule has 1 unspecified atom stereocenters. The molecule has 1 amide bonds. The van der Waals surface area contributed by atoms with E-state index >= 15 is 0 Å². The first-order valence-corrected chi connectivity index (χ1v) is 6.58. The summed E-state index contributed by atoms with van der Waals surface area (Å²) in [5, 5.41) is 12.4. The number of nitrogens with one attached hydrogen (secondary N) is 1. The molecule has 2 N–H and O–H groups in total. The second-order valence-electron chi connectivity index (χ2n) is 4.64. The molecule has 0 aliphatic carbocycles. The maximum Gasteiger partial charge on any atom is 0.248 e. The molecule has 0 spiro atoms. The molecule has 2 aromatic carbocycles. The molecule has 0 aliphatic heterocycles. The molecule has 0 aromatic heterocycles. The Bertz CT molecular complexity index is 648. The summed E-state index contributed by atoms with van der Waals surface area (Å²) in [5.41, 5.74) is 1.96. The van der Waals surface area contributed by atoms with Crippen LogP contribution in [0.25, 0.3) is 6.08 Å². The Morgan fingerprint density at radius 1 is 1.19 bits per heavy atom. The number of carbonyl (C=O) groups is 1. The lowest BCUT2D eigenvalue weighted by molar-refractivity contribution is -0.111. The molecule has 0 saturated carbocycles. The van der Waals surface area contributed by atoms with Gasteiger partial charge in [0.25, 0.3) is 0 Å². The maximum atomic E-state index is 12.8. The van der Waals surface area contributed by atoms with Crippen LogP contribution in [0.2, 0.25) is 0 Å². The van der Waals surface area contributed by atoms with Gasteiger partial charge < -0.3 is 10.4 Å². The van der Waals surface area contributed by atoms with Crippen molar-refractivity contribution in [3.05, 3.63) is 71.6 Å². The Balaban J connectivity index is 2.07. The number of carbonyl (C=O) groups excluding carboxylic acids is 1. The average molecular weight is 285 g/mol. The normalized spacial score (nSPS) is 12.3. The molecule has 0 saturated heterocycles. The fourth-order valence-electron chi connectivity index (χ4n) is 1.90. The predicted molar refractivity (Wildman–Crippen MR) is 81.1 cm³/mol. The molecule has 0 radical (unpaired) electrons. The van der Waals surface area contributed by atoms with Crippen molar-refractivity contribution >= 4 is 17.7 Å². The Morgan fingerprint density at radius 2 is 1.86 bits per heavy atom. The third-order valence-corrected chi connectivity index (χ3v) is 2.97. The van der Waals surface area contributed by atoms with E-state index in [0.29, 0.717) is 11.3 Å². The van der Waals surface area contributed by atoms with E-state index in [2.05, 4.69) is 5.32 Å². The first-order valence-electron chi connectivity index (χ1n) is 6.58. The van der Waals surface area contributed by atoms with E-state index in [-0.39, 0.29) is 11.7 Å². The summed E-state index contributed by atoms with van der Waals surface area (Å²) in [6, 6.07) is 12.9. The van der Waals surface area contributed by atoms with Crippen LogP contribution in [0.3, 0.4) is 0 Å². The van der Waals surface area contributed by atoms with Crippen LogP contribution in [0, 0.1) is 5.82 Å². The van der Waals surface area contributed by atoms with Crippen molar-refractivity contribution in [1.82, 2.24) is 0 Å². The number of halogens is 1. The maximum absolute atomic E-state index is 12.8. The molecule has 1 atom stereocenters. The van der Waals surface area contributed by atoms with Crippen LogP contribution in [-0.4, -0.2) is 11.0 Å². The van der Waals surface area contributed by atoms with Crippen molar-refractivity contribution in [3.8, 4) is 0 Å². The second kappa shape index (κ2) is 6.81. The first kappa shape index (κ1) is 14.9. The van der Waals surface area contributed by atoms with Crippen molar-refractivity contribution in [1.29, 1.82) is 0 Å². The molecular formula is C17H16FNO2. The highest BCUT2D eigenvalue weighted by atomic mass is 19.1. The van der Waals surface area contributed by atoms with Crippen LogP contribution in [0.4, 0.5) is 10.1 Å². The highest BCUT2D eigenvalue weighted by molar-refractivity contribution is 6.02. The molecule has 0 fully saturated rings. The van der Waals surface area contributed by atoms with Gasteiger partial charge in [0.05, 0.1) is 6.10 Å². The Hall–Kier alpha value is -2.46. The number of amides is 1. The van der Waals surface area contributed by atoms with Crippen molar-refractivity contribution in [3.63, 3.8) is 0 Å². The summed E-state index contributed by atoms with van der Waals surface area (Å²) in [6.45, 7) is 1.64. The molecule has 21 heavy (non-hydrogen) atoms. The highest BCUT2D eigenvalue weighted by Gasteiger charge is 2.08. The SMILES string of the molecule is CC(O)c1ccccc1NC(=O)C=Cc1ccc(F)cc1. The number of hydrogen-bond donors (Lipinski definition) is 2. The van der Waals surface area contributed by atoms with E-state index in [9.17, 15) is 14.3 Å². The van der Waals surface area contributed by atoms with Gasteiger partial charge in [-0.15, -0.1) is 0 Å². The lowest BCUT2D eigenvalue weighted by atomic mass is 10.1. The van der Waals surface area contributed by atoms with Gasteiger partial charge in [0.2, 0.25) is 5.91 Å². The second-order valence-corrected chi connectivity index (χ2v) is 4.64. The highest BCUT2D eigenvalue weighted by Crippen LogP contribution is 2.22. The van der Waals surface area contributed by atoms with Crippen LogP contribution >= 0.6 is 0 Å². The lowest BCUT2D eigenvalue weighted by Crippen LogP contribution is -2.10. The molecule has 3 nitrogen and oxygen atoms in total. The minimum atomic E-state index is -0.664. The largest absolute Gasteiger partial charge is 0.389 e. The van der Waals surface area contributed by atoms with Gasteiger partial charge in [-0.05, 0) is 36.8 Å². The van der Waals surface area contributed by atoms with Gasteiger partial charge in [-0.1, -0.05) is 30.3 Å². The summed E-state index contributed by atoms with van der Waals surface area (Å²) in [4.78, 5) is 11.9. The number of aliphatic hydroxyl groups is 1. The third-order valence-electron chi connectivity index (χ3n) is 2.97. The zero-order valence-electron chi connectivity index (χ0n) is 11.6. The summed E-state index contributed by atoms with van der Waals surface area (Å²) >= 11 is 0. The molecule has 2 aromatic rings. The summed E-state index contributed by atoms with van der Waals surface area (Å²) < 4.78 is 12.8. The van der Waals surface area contributed by atoms with Gasteiger partial charge in [-0.3, -0.25) is 4.79 Å². The average Bonchev–Trinajstić information content (AvgIpc) is 2.47. The standard InChI is InChI=1S/C17H16FNO2/c1-12(20)15-4-2-3-5-16(15)19-17(21)11-8-13-6-9-14(18)10-7-13/h2-12,20H,1H3,(H,19,21). The van der Waals surface area contributed by atoms with Crippen LogP contribution in [0.5, 0.6) is 0 Å². The van der Waals surface area contributed by atoms with E-state index in [1.165, 1.54) is 18.2 Å². The van der Waals surface area contributed by atoms with Gasteiger partial charge in [-0.2, -0.15) is 0 Å². The Morgan fingerprint density at radius 3 is 2.52 bits per heavy atom. The van der Waals surface area contributed by atoms with E-state index in [0.717, 1.165) is 5.56 Å². The van der Waals surface area contributed by atoms with Gasteiger partial charge in [-0.25, -0.2) is 4.39 Å². The fourth-order valence-corrected chi connectivity index (χ4v) is 1.90. The Kier molecular flexibility index (Phi) is 4.85. The first-order chi connectivity index (χ1) is 10.1. The smallest absolute Gasteiger partial charge is 0.248 e. The van der Waals surface area contributed by atoms with Gasteiger partial charge in [0, 0.05) is 17.3 Å². The monoisotopic (exact) mass is 285 g/mol. The fraction of sp³-hybridized carbons (Fsp3) is 0.118.